The Morgan fingerprint density at radius 2 is 1.88 bits per heavy atom. The van der Waals surface area contributed by atoms with Gasteiger partial charge in [0.25, 0.3) is 0 Å². The van der Waals surface area contributed by atoms with E-state index in [4.69, 9.17) is 0 Å². The van der Waals surface area contributed by atoms with Gasteiger partial charge >= 0.3 is 0 Å². The van der Waals surface area contributed by atoms with Gasteiger partial charge in [-0.25, -0.2) is 0 Å². The Morgan fingerprint density at radius 1 is 1.29 bits per heavy atom. The summed E-state index contributed by atoms with van der Waals surface area (Å²) in [6.07, 6.45) is 1.02. The van der Waals surface area contributed by atoms with E-state index >= 15 is 0 Å². The largest absolute Gasteiger partial charge is 0.343 e. The monoisotopic (exact) mass is 240 g/mol. The van der Waals surface area contributed by atoms with E-state index in [2.05, 4.69) is 19.2 Å². The lowest BCUT2D eigenvalue weighted by molar-refractivity contribution is -0.151. The lowest BCUT2D eigenvalue weighted by atomic mass is 9.95. The molecule has 0 spiro atoms. The number of hydrogen-bond acceptors (Lipinski definition) is 2. The zero-order valence-electron chi connectivity index (χ0n) is 11.5. The number of piperazine rings is 1. The topological polar surface area (TPSA) is 49.4 Å². The van der Waals surface area contributed by atoms with Crippen molar-refractivity contribution in [2.24, 2.45) is 11.8 Å². The number of nitrogens with zero attached hydrogens (tertiary/aromatic N) is 1. The van der Waals surface area contributed by atoms with Gasteiger partial charge in [0.15, 0.2) is 0 Å². The van der Waals surface area contributed by atoms with E-state index in [1.54, 1.807) is 11.8 Å². The second-order valence-electron chi connectivity index (χ2n) is 5.42. The number of carbonyl (C=O) groups is 2. The van der Waals surface area contributed by atoms with Crippen molar-refractivity contribution in [2.45, 2.75) is 53.1 Å². The van der Waals surface area contributed by atoms with Crippen molar-refractivity contribution in [3.8, 4) is 0 Å². The van der Waals surface area contributed by atoms with Crippen LogP contribution in [0.4, 0.5) is 0 Å². The number of amides is 2. The fourth-order valence-corrected chi connectivity index (χ4v) is 2.22. The van der Waals surface area contributed by atoms with Crippen LogP contribution in [0.1, 0.15) is 41.0 Å². The number of carbonyl (C=O) groups excluding carboxylic acids is 2. The van der Waals surface area contributed by atoms with Gasteiger partial charge in [0.2, 0.25) is 11.8 Å². The Hall–Kier alpha value is -1.06. The van der Waals surface area contributed by atoms with E-state index < -0.39 is 0 Å². The first-order valence-electron chi connectivity index (χ1n) is 6.49. The third-order valence-electron chi connectivity index (χ3n) is 3.45. The molecule has 0 aromatic heterocycles. The molecule has 1 fully saturated rings. The standard InChI is InChI=1S/C13H24N2O2/c1-6-9(4)7-15-11(8(2)3)12(16)14-10(5)13(15)17/h8-11H,6-7H2,1-5H3,(H,14,16). The van der Waals surface area contributed by atoms with Gasteiger partial charge in [0, 0.05) is 6.54 Å². The molecule has 98 valence electrons. The average molecular weight is 240 g/mol. The molecule has 1 aliphatic heterocycles. The fourth-order valence-electron chi connectivity index (χ4n) is 2.22. The van der Waals surface area contributed by atoms with Gasteiger partial charge in [-0.1, -0.05) is 34.1 Å². The van der Waals surface area contributed by atoms with Gasteiger partial charge < -0.3 is 10.2 Å². The van der Waals surface area contributed by atoms with Crippen LogP contribution in [0.5, 0.6) is 0 Å². The molecular weight excluding hydrogens is 216 g/mol. The molecule has 0 aromatic carbocycles. The summed E-state index contributed by atoms with van der Waals surface area (Å²) in [6.45, 7) is 10.6. The van der Waals surface area contributed by atoms with Crippen molar-refractivity contribution < 1.29 is 9.59 Å². The minimum absolute atomic E-state index is 0.0181. The summed E-state index contributed by atoms with van der Waals surface area (Å²) < 4.78 is 0. The van der Waals surface area contributed by atoms with Crippen LogP contribution in [0, 0.1) is 11.8 Å². The molecule has 1 aliphatic rings. The fraction of sp³-hybridized carbons (Fsp3) is 0.846. The lowest BCUT2D eigenvalue weighted by Gasteiger charge is -2.41. The maximum absolute atomic E-state index is 12.1. The maximum Gasteiger partial charge on any atom is 0.245 e. The Kier molecular flexibility index (Phi) is 4.54. The minimum atomic E-state index is -0.387. The van der Waals surface area contributed by atoms with Gasteiger partial charge in [-0.2, -0.15) is 0 Å². The van der Waals surface area contributed by atoms with E-state index in [1.165, 1.54) is 0 Å². The molecule has 2 amide bonds. The molecule has 0 radical (unpaired) electrons. The summed E-state index contributed by atoms with van der Waals surface area (Å²) in [4.78, 5) is 25.9. The summed E-state index contributed by atoms with van der Waals surface area (Å²) in [5, 5.41) is 2.75. The Labute approximate surface area is 104 Å². The molecule has 0 aliphatic carbocycles. The molecule has 0 bridgehead atoms. The molecule has 4 heteroatoms. The van der Waals surface area contributed by atoms with Crippen LogP contribution < -0.4 is 5.32 Å². The molecule has 1 rings (SSSR count). The predicted octanol–water partition coefficient (Wildman–Crippen LogP) is 1.40. The van der Waals surface area contributed by atoms with Crippen LogP contribution in [0.25, 0.3) is 0 Å². The van der Waals surface area contributed by atoms with Crippen LogP contribution in [0.2, 0.25) is 0 Å². The van der Waals surface area contributed by atoms with Gasteiger partial charge in [-0.3, -0.25) is 9.59 Å². The second-order valence-corrected chi connectivity index (χ2v) is 5.42. The normalized spacial score (nSPS) is 27.3. The van der Waals surface area contributed by atoms with E-state index in [0.29, 0.717) is 12.5 Å². The minimum Gasteiger partial charge on any atom is -0.343 e. The highest BCUT2D eigenvalue weighted by Gasteiger charge is 2.40. The van der Waals surface area contributed by atoms with Gasteiger partial charge in [0.05, 0.1) is 0 Å². The molecule has 1 heterocycles. The lowest BCUT2D eigenvalue weighted by Crippen LogP contribution is -2.64. The highest BCUT2D eigenvalue weighted by molar-refractivity contribution is 5.96. The van der Waals surface area contributed by atoms with Crippen LogP contribution in [0.15, 0.2) is 0 Å². The van der Waals surface area contributed by atoms with Crippen LogP contribution in [-0.2, 0) is 9.59 Å². The SMILES string of the molecule is CCC(C)CN1C(=O)C(C)NC(=O)C1C(C)C. The summed E-state index contributed by atoms with van der Waals surface area (Å²) in [7, 11) is 0. The summed E-state index contributed by atoms with van der Waals surface area (Å²) in [5.41, 5.74) is 0. The van der Waals surface area contributed by atoms with Gasteiger partial charge in [-0.05, 0) is 18.8 Å². The average Bonchev–Trinajstić information content (AvgIpc) is 2.24. The van der Waals surface area contributed by atoms with Crippen LogP contribution >= 0.6 is 0 Å². The Balaban J connectivity index is 2.90. The number of rotatable bonds is 4. The molecule has 1 saturated heterocycles. The van der Waals surface area contributed by atoms with E-state index in [1.807, 2.05) is 13.8 Å². The summed E-state index contributed by atoms with van der Waals surface area (Å²) >= 11 is 0. The van der Waals surface area contributed by atoms with Gasteiger partial charge in [-0.15, -0.1) is 0 Å². The van der Waals surface area contributed by atoms with Gasteiger partial charge in [0.1, 0.15) is 12.1 Å². The molecular formula is C13H24N2O2. The van der Waals surface area contributed by atoms with Crippen LogP contribution in [0.3, 0.4) is 0 Å². The van der Waals surface area contributed by atoms with Crippen molar-refractivity contribution in [3.63, 3.8) is 0 Å². The first-order chi connectivity index (χ1) is 7.88. The smallest absolute Gasteiger partial charge is 0.245 e. The second kappa shape index (κ2) is 5.52. The van der Waals surface area contributed by atoms with Crippen molar-refractivity contribution in [1.82, 2.24) is 10.2 Å². The molecule has 0 aromatic rings. The predicted molar refractivity (Wildman–Crippen MR) is 67.4 cm³/mol. The number of nitrogens with one attached hydrogen (secondary N) is 1. The zero-order valence-corrected chi connectivity index (χ0v) is 11.5. The van der Waals surface area contributed by atoms with E-state index in [9.17, 15) is 9.59 Å². The third kappa shape index (κ3) is 2.99. The molecule has 3 atom stereocenters. The van der Waals surface area contributed by atoms with Crippen molar-refractivity contribution in [2.75, 3.05) is 6.54 Å². The maximum atomic E-state index is 12.1. The third-order valence-corrected chi connectivity index (χ3v) is 3.45. The molecule has 0 saturated carbocycles. The number of hydrogen-bond donors (Lipinski definition) is 1. The summed E-state index contributed by atoms with van der Waals surface area (Å²) in [6, 6.07) is -0.700. The van der Waals surface area contributed by atoms with Crippen molar-refractivity contribution in [3.05, 3.63) is 0 Å². The van der Waals surface area contributed by atoms with Crippen molar-refractivity contribution >= 4 is 11.8 Å². The van der Waals surface area contributed by atoms with E-state index in [-0.39, 0.29) is 29.8 Å². The molecule has 3 unspecified atom stereocenters. The molecule has 1 N–H and O–H groups in total. The first kappa shape index (κ1) is 14.0. The summed E-state index contributed by atoms with van der Waals surface area (Å²) in [5.74, 6) is 0.604. The Morgan fingerprint density at radius 3 is 2.35 bits per heavy atom. The highest BCUT2D eigenvalue weighted by Crippen LogP contribution is 2.19. The Bertz CT molecular complexity index is 302. The van der Waals surface area contributed by atoms with Crippen LogP contribution in [-0.4, -0.2) is 35.3 Å². The molecule has 17 heavy (non-hydrogen) atoms. The molecule has 4 nitrogen and oxygen atoms in total. The van der Waals surface area contributed by atoms with E-state index in [0.717, 1.165) is 6.42 Å². The first-order valence-corrected chi connectivity index (χ1v) is 6.49. The quantitative estimate of drug-likeness (QED) is 0.807. The highest BCUT2D eigenvalue weighted by atomic mass is 16.2. The van der Waals surface area contributed by atoms with Crippen molar-refractivity contribution in [1.29, 1.82) is 0 Å². The zero-order chi connectivity index (χ0) is 13.2.